The van der Waals surface area contributed by atoms with Crippen LogP contribution in [-0.2, 0) is 0 Å². The molecule has 0 spiro atoms. The molecule has 3 heteroatoms. The van der Waals surface area contributed by atoms with E-state index in [0.717, 1.165) is 34.0 Å². The van der Waals surface area contributed by atoms with Crippen LogP contribution in [0.2, 0.25) is 4.34 Å². The lowest BCUT2D eigenvalue weighted by Gasteiger charge is -1.95. The highest BCUT2D eigenvalue weighted by Crippen LogP contribution is 2.27. The van der Waals surface area contributed by atoms with E-state index < -0.39 is 0 Å². The second kappa shape index (κ2) is 5.52. The predicted molar refractivity (Wildman–Crippen MR) is 62.5 cm³/mol. The van der Waals surface area contributed by atoms with Crippen molar-refractivity contribution in [2.75, 3.05) is 0 Å². The Hall–Kier alpha value is -0.340. The van der Waals surface area contributed by atoms with E-state index in [1.54, 1.807) is 0 Å². The third kappa shape index (κ3) is 3.10. The van der Waals surface area contributed by atoms with Crippen molar-refractivity contribution in [3.8, 4) is 0 Å². The van der Waals surface area contributed by atoms with Gasteiger partial charge in [-0.1, -0.05) is 31.4 Å². The summed E-state index contributed by atoms with van der Waals surface area (Å²) in [6.07, 6.45) is 3.93. The van der Waals surface area contributed by atoms with Crippen molar-refractivity contribution in [1.29, 1.82) is 0 Å². The topological polar surface area (TPSA) is 17.1 Å². The quantitative estimate of drug-likeness (QED) is 0.539. The van der Waals surface area contributed by atoms with E-state index in [-0.39, 0.29) is 5.78 Å². The van der Waals surface area contributed by atoms with E-state index >= 15 is 0 Å². The van der Waals surface area contributed by atoms with Gasteiger partial charge >= 0.3 is 0 Å². The number of unbranched alkanes of at least 4 members (excludes halogenated alkanes) is 2. The summed E-state index contributed by atoms with van der Waals surface area (Å²) in [5.74, 6) is 0.235. The lowest BCUT2D eigenvalue weighted by Crippen LogP contribution is -1.95. The number of carbonyl (C=O) groups excluding carboxylic acids is 1. The molecule has 0 N–H and O–H groups in total. The minimum atomic E-state index is 0.235. The Morgan fingerprint density at radius 3 is 2.71 bits per heavy atom. The van der Waals surface area contributed by atoms with Crippen LogP contribution in [0, 0.1) is 6.92 Å². The van der Waals surface area contributed by atoms with Crippen LogP contribution < -0.4 is 0 Å². The van der Waals surface area contributed by atoms with Crippen LogP contribution in [0.5, 0.6) is 0 Å². The van der Waals surface area contributed by atoms with E-state index in [1.165, 1.54) is 11.3 Å². The van der Waals surface area contributed by atoms with Crippen molar-refractivity contribution in [3.05, 3.63) is 20.8 Å². The van der Waals surface area contributed by atoms with Gasteiger partial charge < -0.3 is 0 Å². The highest BCUT2D eigenvalue weighted by molar-refractivity contribution is 7.18. The van der Waals surface area contributed by atoms with Gasteiger partial charge in [-0.15, -0.1) is 11.3 Å². The zero-order chi connectivity index (χ0) is 10.6. The molecule has 0 atom stereocenters. The fourth-order valence-corrected chi connectivity index (χ4v) is 2.42. The van der Waals surface area contributed by atoms with Crippen LogP contribution in [0.25, 0.3) is 0 Å². The van der Waals surface area contributed by atoms with E-state index in [1.807, 2.05) is 13.0 Å². The van der Waals surface area contributed by atoms with Gasteiger partial charge in [0.25, 0.3) is 0 Å². The van der Waals surface area contributed by atoms with Crippen LogP contribution in [0.4, 0.5) is 0 Å². The van der Waals surface area contributed by atoms with E-state index in [4.69, 9.17) is 11.6 Å². The molecule has 0 radical (unpaired) electrons. The van der Waals surface area contributed by atoms with Crippen molar-refractivity contribution >= 4 is 28.7 Å². The Labute approximate surface area is 94.1 Å². The van der Waals surface area contributed by atoms with E-state index in [2.05, 4.69) is 6.92 Å². The van der Waals surface area contributed by atoms with Gasteiger partial charge in [-0.25, -0.2) is 0 Å². The summed E-state index contributed by atoms with van der Waals surface area (Å²) in [4.78, 5) is 12.4. The first-order chi connectivity index (χ1) is 6.65. The molecule has 0 amide bonds. The van der Waals surface area contributed by atoms with Crippen LogP contribution in [0.1, 0.15) is 47.8 Å². The average molecular weight is 231 g/mol. The van der Waals surface area contributed by atoms with E-state index in [0.29, 0.717) is 6.42 Å². The third-order valence-electron chi connectivity index (χ3n) is 2.14. The van der Waals surface area contributed by atoms with Gasteiger partial charge in [-0.2, -0.15) is 0 Å². The number of Topliss-reactive ketones (excluding diaryl/α,β-unsaturated/α-hetero) is 1. The number of rotatable bonds is 5. The number of thiophene rings is 1. The van der Waals surface area contributed by atoms with Gasteiger partial charge in [-0.05, 0) is 25.0 Å². The van der Waals surface area contributed by atoms with Gasteiger partial charge in [0.05, 0.1) is 9.21 Å². The number of hydrogen-bond acceptors (Lipinski definition) is 2. The maximum absolute atomic E-state index is 11.6. The number of hydrogen-bond donors (Lipinski definition) is 0. The van der Waals surface area contributed by atoms with Crippen molar-refractivity contribution in [2.45, 2.75) is 39.5 Å². The molecule has 1 aromatic heterocycles. The molecule has 0 unspecified atom stereocenters. The smallest absolute Gasteiger partial charge is 0.172 e. The number of halogens is 1. The number of ketones is 1. The van der Waals surface area contributed by atoms with Crippen LogP contribution in [-0.4, -0.2) is 5.78 Å². The summed E-state index contributed by atoms with van der Waals surface area (Å²) in [7, 11) is 0. The van der Waals surface area contributed by atoms with Crippen LogP contribution >= 0.6 is 22.9 Å². The molecule has 1 nitrogen and oxygen atoms in total. The maximum atomic E-state index is 11.6. The predicted octanol–water partition coefficient (Wildman–Crippen LogP) is 4.47. The molecular formula is C11H15ClOS. The lowest BCUT2D eigenvalue weighted by molar-refractivity contribution is 0.0983. The first kappa shape index (κ1) is 11.7. The summed E-state index contributed by atoms with van der Waals surface area (Å²) in [6.45, 7) is 4.07. The summed E-state index contributed by atoms with van der Waals surface area (Å²) in [5, 5.41) is 0. The maximum Gasteiger partial charge on any atom is 0.172 e. The monoisotopic (exact) mass is 230 g/mol. The molecule has 0 bridgehead atoms. The SMILES string of the molecule is CCCCCC(=O)c1cc(C)c(Cl)s1. The molecule has 0 aliphatic carbocycles. The molecule has 0 aliphatic heterocycles. The second-order valence-corrected chi connectivity index (χ2v) is 5.10. The zero-order valence-corrected chi connectivity index (χ0v) is 10.2. The van der Waals surface area contributed by atoms with Crippen molar-refractivity contribution < 1.29 is 4.79 Å². The summed E-state index contributed by atoms with van der Waals surface area (Å²) >= 11 is 7.30. The van der Waals surface area contributed by atoms with Gasteiger partial charge in [0.2, 0.25) is 0 Å². The molecule has 0 fully saturated rings. The molecular weight excluding hydrogens is 216 g/mol. The lowest BCUT2D eigenvalue weighted by atomic mass is 10.1. The third-order valence-corrected chi connectivity index (χ3v) is 3.74. The molecule has 1 aromatic rings. The Bertz CT molecular complexity index is 298. The summed E-state index contributed by atoms with van der Waals surface area (Å²) in [6, 6.07) is 1.89. The first-order valence-corrected chi connectivity index (χ1v) is 6.13. The molecule has 1 heterocycles. The normalized spacial score (nSPS) is 10.5. The van der Waals surface area contributed by atoms with Crippen molar-refractivity contribution in [3.63, 3.8) is 0 Å². The largest absolute Gasteiger partial charge is 0.293 e. The average Bonchev–Trinajstić information content (AvgIpc) is 2.47. The molecule has 14 heavy (non-hydrogen) atoms. The fraction of sp³-hybridized carbons (Fsp3) is 0.545. The Kier molecular flexibility index (Phi) is 4.63. The molecule has 0 aromatic carbocycles. The van der Waals surface area contributed by atoms with Gasteiger partial charge in [0.15, 0.2) is 5.78 Å². The minimum absolute atomic E-state index is 0.235. The Morgan fingerprint density at radius 1 is 1.50 bits per heavy atom. The van der Waals surface area contributed by atoms with E-state index in [9.17, 15) is 4.79 Å². The summed E-state index contributed by atoms with van der Waals surface area (Å²) < 4.78 is 0.740. The van der Waals surface area contributed by atoms with Crippen LogP contribution in [0.15, 0.2) is 6.07 Å². The van der Waals surface area contributed by atoms with Gasteiger partial charge in [0.1, 0.15) is 0 Å². The Morgan fingerprint density at radius 2 is 2.21 bits per heavy atom. The Balaban J connectivity index is 2.52. The fourth-order valence-electron chi connectivity index (χ4n) is 1.26. The van der Waals surface area contributed by atoms with Crippen molar-refractivity contribution in [2.24, 2.45) is 0 Å². The van der Waals surface area contributed by atoms with Gasteiger partial charge in [-0.3, -0.25) is 4.79 Å². The molecule has 0 saturated carbocycles. The number of carbonyl (C=O) groups is 1. The minimum Gasteiger partial charge on any atom is -0.293 e. The number of aryl methyl sites for hydroxylation is 1. The highest BCUT2D eigenvalue weighted by atomic mass is 35.5. The first-order valence-electron chi connectivity index (χ1n) is 4.94. The highest BCUT2D eigenvalue weighted by Gasteiger charge is 2.10. The second-order valence-electron chi connectivity index (χ2n) is 3.45. The molecule has 0 aliphatic rings. The standard InChI is InChI=1S/C11H15ClOS/c1-3-4-5-6-9(13)10-7-8(2)11(12)14-10/h7H,3-6H2,1-2H3. The van der Waals surface area contributed by atoms with Crippen LogP contribution in [0.3, 0.4) is 0 Å². The van der Waals surface area contributed by atoms with Gasteiger partial charge in [0, 0.05) is 6.42 Å². The molecule has 1 rings (SSSR count). The molecule has 78 valence electrons. The zero-order valence-electron chi connectivity index (χ0n) is 8.60. The summed E-state index contributed by atoms with van der Waals surface area (Å²) in [5.41, 5.74) is 1.01. The van der Waals surface area contributed by atoms with Crippen molar-refractivity contribution in [1.82, 2.24) is 0 Å². The molecule has 0 saturated heterocycles.